The summed E-state index contributed by atoms with van der Waals surface area (Å²) in [6.45, 7) is 0. The van der Waals surface area contributed by atoms with Crippen LogP contribution in [0.1, 0.15) is 42.2 Å². The lowest BCUT2D eigenvalue weighted by Gasteiger charge is -2.11. The van der Waals surface area contributed by atoms with Crippen molar-refractivity contribution in [1.82, 2.24) is 9.78 Å². The third-order valence-corrected chi connectivity index (χ3v) is 2.71. The predicted octanol–water partition coefficient (Wildman–Crippen LogP) is 2.09. The summed E-state index contributed by atoms with van der Waals surface area (Å²) >= 11 is 0. The van der Waals surface area contributed by atoms with E-state index in [0.29, 0.717) is 0 Å². The summed E-state index contributed by atoms with van der Waals surface area (Å²) in [6.07, 6.45) is 3.99. The van der Waals surface area contributed by atoms with Crippen LogP contribution in [0, 0.1) is 4.91 Å². The molecule has 1 N–H and O–H groups in total. The summed E-state index contributed by atoms with van der Waals surface area (Å²) in [6, 6.07) is 1.32. The van der Waals surface area contributed by atoms with E-state index in [-0.39, 0.29) is 17.6 Å². The van der Waals surface area contributed by atoms with Gasteiger partial charge in [0.2, 0.25) is 5.82 Å². The van der Waals surface area contributed by atoms with E-state index in [2.05, 4.69) is 10.3 Å². The van der Waals surface area contributed by atoms with E-state index in [1.54, 1.807) is 0 Å². The Morgan fingerprint density at radius 2 is 2.20 bits per heavy atom. The number of rotatable bonds is 3. The molecule has 6 heteroatoms. The Labute approximate surface area is 85.9 Å². The molecule has 0 bridgehead atoms. The molecule has 1 heterocycles. The molecule has 15 heavy (non-hydrogen) atoms. The molecule has 1 aliphatic carbocycles. The number of hydrogen-bond acceptors (Lipinski definition) is 4. The van der Waals surface area contributed by atoms with Gasteiger partial charge in [-0.1, -0.05) is 12.8 Å². The normalized spacial score (nSPS) is 16.8. The highest BCUT2D eigenvalue weighted by molar-refractivity contribution is 5.86. The summed E-state index contributed by atoms with van der Waals surface area (Å²) in [7, 11) is 0. The third kappa shape index (κ3) is 1.74. The molecule has 0 atom stereocenters. The fourth-order valence-electron chi connectivity index (χ4n) is 2.01. The number of carboxylic acids is 1. The van der Waals surface area contributed by atoms with Gasteiger partial charge in [-0.3, -0.25) is 4.68 Å². The molecule has 1 fully saturated rings. The molecular weight excluding hydrogens is 198 g/mol. The molecule has 80 valence electrons. The van der Waals surface area contributed by atoms with E-state index in [1.807, 2.05) is 0 Å². The van der Waals surface area contributed by atoms with Gasteiger partial charge < -0.3 is 5.11 Å². The van der Waals surface area contributed by atoms with E-state index < -0.39 is 5.97 Å². The van der Waals surface area contributed by atoms with Crippen LogP contribution in [0.4, 0.5) is 5.82 Å². The average Bonchev–Trinajstić information content (AvgIpc) is 2.86. The van der Waals surface area contributed by atoms with Gasteiger partial charge in [0.1, 0.15) is 5.69 Å². The van der Waals surface area contributed by atoms with Crippen LogP contribution in [0.2, 0.25) is 0 Å². The van der Waals surface area contributed by atoms with Gasteiger partial charge in [0, 0.05) is 6.07 Å². The SMILES string of the molecule is O=Nc1cc(C(=O)O)n(C2CCCC2)n1. The number of nitrogens with zero attached hydrogens (tertiary/aromatic N) is 3. The van der Waals surface area contributed by atoms with Crippen LogP contribution in [0.5, 0.6) is 0 Å². The zero-order valence-corrected chi connectivity index (χ0v) is 8.09. The summed E-state index contributed by atoms with van der Waals surface area (Å²) in [5.74, 6) is -1.12. The molecule has 1 aromatic rings. The monoisotopic (exact) mass is 209 g/mol. The fourth-order valence-corrected chi connectivity index (χ4v) is 2.01. The molecule has 0 radical (unpaired) electrons. The van der Waals surface area contributed by atoms with Crippen molar-refractivity contribution < 1.29 is 9.90 Å². The minimum atomic E-state index is -1.07. The van der Waals surface area contributed by atoms with E-state index in [4.69, 9.17) is 5.11 Å². The Hall–Kier alpha value is -1.72. The Morgan fingerprint density at radius 1 is 1.53 bits per heavy atom. The lowest BCUT2D eigenvalue weighted by Crippen LogP contribution is -2.13. The van der Waals surface area contributed by atoms with E-state index >= 15 is 0 Å². The molecule has 1 aliphatic rings. The first-order valence-corrected chi connectivity index (χ1v) is 4.88. The zero-order chi connectivity index (χ0) is 10.8. The maximum absolute atomic E-state index is 10.9. The van der Waals surface area contributed by atoms with E-state index in [1.165, 1.54) is 10.7 Å². The zero-order valence-electron chi connectivity index (χ0n) is 8.09. The molecule has 0 saturated heterocycles. The Balaban J connectivity index is 2.38. The first-order valence-electron chi connectivity index (χ1n) is 4.88. The Bertz CT molecular complexity index is 393. The number of hydrogen-bond donors (Lipinski definition) is 1. The number of aromatic carboxylic acids is 1. The Kier molecular flexibility index (Phi) is 2.49. The van der Waals surface area contributed by atoms with Gasteiger partial charge in [-0.15, -0.1) is 10.0 Å². The van der Waals surface area contributed by atoms with Crippen LogP contribution < -0.4 is 0 Å². The minimum absolute atomic E-state index is 0.0523. The van der Waals surface area contributed by atoms with Crippen molar-refractivity contribution in [2.75, 3.05) is 0 Å². The predicted molar refractivity (Wildman–Crippen MR) is 52.1 cm³/mol. The molecule has 0 spiro atoms. The minimum Gasteiger partial charge on any atom is -0.477 e. The Morgan fingerprint density at radius 3 is 2.73 bits per heavy atom. The van der Waals surface area contributed by atoms with Gasteiger partial charge in [-0.2, -0.15) is 0 Å². The lowest BCUT2D eigenvalue weighted by atomic mass is 10.2. The van der Waals surface area contributed by atoms with Gasteiger partial charge in [0.15, 0.2) is 0 Å². The number of aromatic nitrogens is 2. The van der Waals surface area contributed by atoms with Gasteiger partial charge >= 0.3 is 5.97 Å². The summed E-state index contributed by atoms with van der Waals surface area (Å²) in [5, 5.41) is 15.5. The van der Waals surface area contributed by atoms with Crippen molar-refractivity contribution >= 4 is 11.8 Å². The average molecular weight is 209 g/mol. The lowest BCUT2D eigenvalue weighted by molar-refractivity contribution is 0.0680. The van der Waals surface area contributed by atoms with Crippen molar-refractivity contribution in [3.63, 3.8) is 0 Å². The third-order valence-electron chi connectivity index (χ3n) is 2.71. The highest BCUT2D eigenvalue weighted by Gasteiger charge is 2.24. The summed E-state index contributed by atoms with van der Waals surface area (Å²) in [4.78, 5) is 21.2. The molecular formula is C9H11N3O3. The highest BCUT2D eigenvalue weighted by Crippen LogP contribution is 2.31. The van der Waals surface area contributed by atoms with Crippen LogP contribution >= 0.6 is 0 Å². The number of carboxylic acid groups (broad SMARTS) is 1. The second kappa shape index (κ2) is 3.80. The molecule has 1 saturated carbocycles. The molecule has 0 amide bonds. The summed E-state index contributed by atoms with van der Waals surface area (Å²) < 4.78 is 1.42. The molecule has 1 aromatic heterocycles. The first-order chi connectivity index (χ1) is 7.22. The quantitative estimate of drug-likeness (QED) is 0.772. The van der Waals surface area contributed by atoms with Crippen LogP contribution in [0.25, 0.3) is 0 Å². The van der Waals surface area contributed by atoms with Crippen LogP contribution in [0.15, 0.2) is 11.2 Å². The van der Waals surface area contributed by atoms with Crippen molar-refractivity contribution in [3.8, 4) is 0 Å². The molecule has 2 rings (SSSR count). The number of nitroso groups, excluding NO2 is 1. The largest absolute Gasteiger partial charge is 0.477 e. The van der Waals surface area contributed by atoms with E-state index in [9.17, 15) is 9.70 Å². The van der Waals surface area contributed by atoms with Crippen molar-refractivity contribution in [2.24, 2.45) is 5.18 Å². The maximum atomic E-state index is 10.9. The van der Waals surface area contributed by atoms with Crippen molar-refractivity contribution in [3.05, 3.63) is 16.7 Å². The second-order valence-corrected chi connectivity index (χ2v) is 3.67. The van der Waals surface area contributed by atoms with Gasteiger partial charge in [0.25, 0.3) is 0 Å². The molecule has 0 aliphatic heterocycles. The van der Waals surface area contributed by atoms with Crippen LogP contribution in [-0.2, 0) is 0 Å². The maximum Gasteiger partial charge on any atom is 0.354 e. The number of carbonyl (C=O) groups is 1. The van der Waals surface area contributed by atoms with E-state index in [0.717, 1.165) is 25.7 Å². The summed E-state index contributed by atoms with van der Waals surface area (Å²) in [5.41, 5.74) is 0.0523. The van der Waals surface area contributed by atoms with Crippen LogP contribution in [-0.4, -0.2) is 20.9 Å². The molecule has 0 unspecified atom stereocenters. The smallest absolute Gasteiger partial charge is 0.354 e. The highest BCUT2D eigenvalue weighted by atomic mass is 16.4. The van der Waals surface area contributed by atoms with Gasteiger partial charge in [0.05, 0.1) is 6.04 Å². The van der Waals surface area contributed by atoms with Crippen LogP contribution in [0.3, 0.4) is 0 Å². The van der Waals surface area contributed by atoms with Gasteiger partial charge in [-0.25, -0.2) is 4.79 Å². The van der Waals surface area contributed by atoms with Crippen molar-refractivity contribution in [2.45, 2.75) is 31.7 Å². The second-order valence-electron chi connectivity index (χ2n) is 3.67. The first kappa shape index (κ1) is 9.82. The standard InChI is InChI=1S/C9H11N3O3/c13-9(14)7-5-8(11-15)10-12(7)6-3-1-2-4-6/h5-6H,1-4H2,(H,13,14). The van der Waals surface area contributed by atoms with Crippen molar-refractivity contribution in [1.29, 1.82) is 0 Å². The van der Waals surface area contributed by atoms with Gasteiger partial charge in [-0.05, 0) is 18.0 Å². The molecule has 0 aromatic carbocycles. The fraction of sp³-hybridized carbons (Fsp3) is 0.556. The topological polar surface area (TPSA) is 84.5 Å². The molecule has 6 nitrogen and oxygen atoms in total.